The molecule has 1 atom stereocenters. The maximum atomic E-state index is 10.0. The minimum absolute atomic E-state index is 0.0988. The van der Waals surface area contributed by atoms with Gasteiger partial charge in [-0.2, -0.15) is 0 Å². The molecular weight excluding hydrogens is 222 g/mol. The highest BCUT2D eigenvalue weighted by Crippen LogP contribution is 2.28. The Balaban J connectivity index is 2.34. The molecule has 2 rings (SSSR count). The van der Waals surface area contributed by atoms with Crippen molar-refractivity contribution >= 4 is 10.8 Å². The summed E-state index contributed by atoms with van der Waals surface area (Å²) in [5, 5.41) is 12.3. The highest BCUT2D eigenvalue weighted by Gasteiger charge is 2.12. The van der Waals surface area contributed by atoms with Crippen LogP contribution in [0.5, 0.6) is 5.75 Å². The number of hydrogen-bond donors (Lipinski definition) is 2. The normalized spacial score (nSPS) is 13.1. The van der Waals surface area contributed by atoms with Gasteiger partial charge in [-0.25, -0.2) is 0 Å². The van der Waals surface area contributed by atoms with E-state index in [1.807, 2.05) is 24.3 Å². The largest absolute Gasteiger partial charge is 0.508 e. The lowest BCUT2D eigenvalue weighted by atomic mass is 9.94. The number of benzene rings is 2. The topological polar surface area (TPSA) is 46.2 Å². The summed E-state index contributed by atoms with van der Waals surface area (Å²) in [6.45, 7) is 4.34. The van der Waals surface area contributed by atoms with Gasteiger partial charge in [0, 0.05) is 11.6 Å². The van der Waals surface area contributed by atoms with Crippen molar-refractivity contribution in [3.8, 4) is 5.75 Å². The molecule has 3 N–H and O–H groups in total. The summed E-state index contributed by atoms with van der Waals surface area (Å²) in [5.74, 6) is 0.935. The zero-order chi connectivity index (χ0) is 13.1. The fourth-order valence-electron chi connectivity index (χ4n) is 2.49. The van der Waals surface area contributed by atoms with Gasteiger partial charge in [-0.15, -0.1) is 0 Å². The van der Waals surface area contributed by atoms with E-state index in [0.717, 1.165) is 29.2 Å². The molecule has 2 nitrogen and oxygen atoms in total. The van der Waals surface area contributed by atoms with Crippen LogP contribution >= 0.6 is 0 Å². The van der Waals surface area contributed by atoms with E-state index in [0.29, 0.717) is 11.7 Å². The van der Waals surface area contributed by atoms with E-state index in [9.17, 15) is 5.11 Å². The molecule has 0 radical (unpaired) electrons. The summed E-state index contributed by atoms with van der Waals surface area (Å²) < 4.78 is 0. The van der Waals surface area contributed by atoms with Crippen molar-refractivity contribution in [1.29, 1.82) is 0 Å². The van der Waals surface area contributed by atoms with Crippen molar-refractivity contribution in [2.75, 3.05) is 0 Å². The number of fused-ring (bicyclic) bond motifs is 1. The van der Waals surface area contributed by atoms with Gasteiger partial charge in [-0.3, -0.25) is 0 Å². The molecule has 2 heteroatoms. The Hall–Kier alpha value is -1.54. The van der Waals surface area contributed by atoms with Gasteiger partial charge in [0.2, 0.25) is 0 Å². The smallest absolute Gasteiger partial charge is 0.119 e. The van der Waals surface area contributed by atoms with Crippen LogP contribution in [0.4, 0.5) is 0 Å². The molecule has 18 heavy (non-hydrogen) atoms. The fourth-order valence-corrected chi connectivity index (χ4v) is 2.49. The number of nitrogens with two attached hydrogens (primary N) is 1. The molecule has 2 aromatic carbocycles. The molecule has 0 fully saturated rings. The first kappa shape index (κ1) is 12.9. The number of phenolic OH excluding ortho intramolecular Hbond substituents is 1. The Morgan fingerprint density at radius 3 is 2.56 bits per heavy atom. The molecule has 0 heterocycles. The Morgan fingerprint density at radius 1 is 1.11 bits per heavy atom. The third-order valence-electron chi connectivity index (χ3n) is 3.26. The molecule has 0 bridgehead atoms. The van der Waals surface area contributed by atoms with Gasteiger partial charge in [0.15, 0.2) is 0 Å². The molecule has 0 aromatic heterocycles. The second kappa shape index (κ2) is 5.40. The first-order valence-corrected chi connectivity index (χ1v) is 6.53. The molecule has 1 unspecified atom stereocenters. The number of phenols is 1. The molecule has 96 valence electrons. The third kappa shape index (κ3) is 2.82. The molecule has 0 saturated heterocycles. The minimum Gasteiger partial charge on any atom is -0.508 e. The average molecular weight is 243 g/mol. The van der Waals surface area contributed by atoms with Gasteiger partial charge in [-0.05, 0) is 35.6 Å². The standard InChI is InChI=1S/C16H21NO/c1-11(2)9-13(17)10-15-14-6-4-3-5-12(14)7-8-16(15)18/h3-8,11,13,18H,9-10,17H2,1-2H3. The van der Waals surface area contributed by atoms with E-state index < -0.39 is 0 Å². The second-order valence-electron chi connectivity index (χ2n) is 5.38. The van der Waals surface area contributed by atoms with E-state index in [2.05, 4.69) is 19.9 Å². The van der Waals surface area contributed by atoms with Crippen LogP contribution in [0.3, 0.4) is 0 Å². The molecule has 0 aliphatic heterocycles. The van der Waals surface area contributed by atoms with E-state index in [1.165, 1.54) is 0 Å². The lowest BCUT2D eigenvalue weighted by molar-refractivity contribution is 0.454. The predicted molar refractivity (Wildman–Crippen MR) is 76.7 cm³/mol. The Labute approximate surface area is 108 Å². The van der Waals surface area contributed by atoms with Crippen molar-refractivity contribution in [3.05, 3.63) is 42.0 Å². The second-order valence-corrected chi connectivity index (χ2v) is 5.38. The van der Waals surface area contributed by atoms with Gasteiger partial charge in [-0.1, -0.05) is 44.2 Å². The highest BCUT2D eigenvalue weighted by atomic mass is 16.3. The molecular formula is C16H21NO. The van der Waals surface area contributed by atoms with Gasteiger partial charge in [0.05, 0.1) is 0 Å². The van der Waals surface area contributed by atoms with Crippen LogP contribution in [0.15, 0.2) is 36.4 Å². The van der Waals surface area contributed by atoms with Crippen molar-refractivity contribution in [3.63, 3.8) is 0 Å². The van der Waals surface area contributed by atoms with Gasteiger partial charge < -0.3 is 10.8 Å². The zero-order valence-electron chi connectivity index (χ0n) is 11.1. The first-order valence-electron chi connectivity index (χ1n) is 6.53. The van der Waals surface area contributed by atoms with Gasteiger partial charge in [0.1, 0.15) is 5.75 Å². The monoisotopic (exact) mass is 243 g/mol. The molecule has 2 aromatic rings. The number of hydrogen-bond acceptors (Lipinski definition) is 2. The summed E-state index contributed by atoms with van der Waals surface area (Å²) in [5.41, 5.74) is 7.13. The van der Waals surface area contributed by atoms with Crippen molar-refractivity contribution in [2.24, 2.45) is 11.7 Å². The van der Waals surface area contributed by atoms with E-state index in [1.54, 1.807) is 6.07 Å². The predicted octanol–water partition coefficient (Wildman–Crippen LogP) is 3.46. The molecule has 0 amide bonds. The molecule has 0 spiro atoms. The maximum Gasteiger partial charge on any atom is 0.119 e. The summed E-state index contributed by atoms with van der Waals surface area (Å²) >= 11 is 0. The van der Waals surface area contributed by atoms with E-state index in [-0.39, 0.29) is 6.04 Å². The van der Waals surface area contributed by atoms with E-state index in [4.69, 9.17) is 5.73 Å². The van der Waals surface area contributed by atoms with Crippen LogP contribution in [0.1, 0.15) is 25.8 Å². The first-order chi connectivity index (χ1) is 8.58. The van der Waals surface area contributed by atoms with E-state index >= 15 is 0 Å². The minimum atomic E-state index is 0.0988. The average Bonchev–Trinajstić information content (AvgIpc) is 2.32. The summed E-state index contributed by atoms with van der Waals surface area (Å²) in [4.78, 5) is 0. The van der Waals surface area contributed by atoms with Crippen molar-refractivity contribution < 1.29 is 5.11 Å². The molecule has 0 aliphatic carbocycles. The summed E-state index contributed by atoms with van der Waals surface area (Å²) in [6.07, 6.45) is 1.70. The van der Waals surface area contributed by atoms with Crippen LogP contribution in [-0.4, -0.2) is 11.1 Å². The lowest BCUT2D eigenvalue weighted by Gasteiger charge is -2.16. The third-order valence-corrected chi connectivity index (χ3v) is 3.26. The van der Waals surface area contributed by atoms with Crippen LogP contribution in [0.25, 0.3) is 10.8 Å². The Kier molecular flexibility index (Phi) is 3.87. The van der Waals surface area contributed by atoms with Crippen LogP contribution in [-0.2, 0) is 6.42 Å². The van der Waals surface area contributed by atoms with Crippen molar-refractivity contribution in [1.82, 2.24) is 0 Å². The van der Waals surface area contributed by atoms with Gasteiger partial charge >= 0.3 is 0 Å². The lowest BCUT2D eigenvalue weighted by Crippen LogP contribution is -2.24. The highest BCUT2D eigenvalue weighted by molar-refractivity contribution is 5.87. The maximum absolute atomic E-state index is 10.0. The van der Waals surface area contributed by atoms with Crippen molar-refractivity contribution in [2.45, 2.75) is 32.7 Å². The number of rotatable bonds is 4. The summed E-state index contributed by atoms with van der Waals surface area (Å²) in [6, 6.07) is 11.9. The molecule has 0 saturated carbocycles. The Bertz CT molecular complexity index is 534. The van der Waals surface area contributed by atoms with Gasteiger partial charge in [0.25, 0.3) is 0 Å². The summed E-state index contributed by atoms with van der Waals surface area (Å²) in [7, 11) is 0. The SMILES string of the molecule is CC(C)CC(N)Cc1c(O)ccc2ccccc12. The quantitative estimate of drug-likeness (QED) is 0.863. The molecule has 0 aliphatic rings. The van der Waals surface area contributed by atoms with Crippen LogP contribution < -0.4 is 5.73 Å². The van der Waals surface area contributed by atoms with Crippen LogP contribution in [0.2, 0.25) is 0 Å². The fraction of sp³-hybridized carbons (Fsp3) is 0.375. The number of aromatic hydroxyl groups is 1. The van der Waals surface area contributed by atoms with Crippen LogP contribution in [0, 0.1) is 5.92 Å². The zero-order valence-corrected chi connectivity index (χ0v) is 11.1. The Morgan fingerprint density at radius 2 is 1.83 bits per heavy atom.